The largest absolute Gasteiger partial charge is 0.497 e. The highest BCUT2D eigenvalue weighted by Crippen LogP contribution is 2.36. The van der Waals surface area contributed by atoms with Crippen LogP contribution in [0, 0.1) is 5.92 Å². The van der Waals surface area contributed by atoms with E-state index >= 15 is 0 Å². The Hall–Kier alpha value is -3.93. The normalized spacial score (nSPS) is 17.4. The molecule has 1 aliphatic carbocycles. The van der Waals surface area contributed by atoms with Crippen LogP contribution in [0.15, 0.2) is 30.6 Å². The van der Waals surface area contributed by atoms with Crippen molar-refractivity contribution >= 4 is 52.4 Å². The zero-order valence-corrected chi connectivity index (χ0v) is 25.7. The molecular weight excluding hydrogens is 564 g/mol. The zero-order chi connectivity index (χ0) is 30.8. The number of imide groups is 1. The number of imidazole rings is 1. The number of halogens is 1. The number of rotatable bonds is 5. The van der Waals surface area contributed by atoms with E-state index in [1.54, 1.807) is 61.0 Å². The average molecular weight is 601 g/mol. The first-order valence-corrected chi connectivity index (χ1v) is 14.1. The number of methoxy groups -OCH3 is 1. The van der Waals surface area contributed by atoms with E-state index in [0.29, 0.717) is 47.7 Å². The predicted octanol–water partition coefficient (Wildman–Crippen LogP) is 6.53. The van der Waals surface area contributed by atoms with Gasteiger partial charge in [0.2, 0.25) is 11.2 Å². The second-order valence-electron chi connectivity index (χ2n) is 12.2. The molecule has 12 nitrogen and oxygen atoms in total. The fourth-order valence-corrected chi connectivity index (χ4v) is 4.88. The number of fused-ring (bicyclic) bond motifs is 1. The molecule has 1 N–H and O–H groups in total. The van der Waals surface area contributed by atoms with Crippen molar-refractivity contribution in [1.82, 2.24) is 19.5 Å². The van der Waals surface area contributed by atoms with Gasteiger partial charge in [0.05, 0.1) is 13.4 Å². The number of nitrogens with zero attached hydrogens (tertiary/aromatic N) is 5. The Labute approximate surface area is 249 Å². The quantitative estimate of drug-likeness (QED) is 0.324. The van der Waals surface area contributed by atoms with Crippen LogP contribution in [0.2, 0.25) is 5.28 Å². The van der Waals surface area contributed by atoms with E-state index in [0.717, 1.165) is 0 Å². The lowest BCUT2D eigenvalue weighted by Crippen LogP contribution is -2.44. The molecule has 0 bridgehead atoms. The van der Waals surface area contributed by atoms with Crippen LogP contribution in [-0.4, -0.2) is 55.9 Å². The minimum atomic E-state index is -0.982. The molecule has 2 aromatic heterocycles. The number of hydrogen-bond donors (Lipinski definition) is 1. The molecule has 1 aliphatic rings. The van der Waals surface area contributed by atoms with Gasteiger partial charge in [-0.2, -0.15) is 14.9 Å². The Balaban J connectivity index is 1.58. The zero-order valence-electron chi connectivity index (χ0n) is 24.9. The molecule has 0 atom stereocenters. The number of nitrogens with one attached hydrogen (secondary N) is 1. The molecule has 0 aliphatic heterocycles. The molecule has 3 aromatic rings. The molecule has 13 heteroatoms. The summed E-state index contributed by atoms with van der Waals surface area (Å²) in [4.78, 5) is 53.2. The van der Waals surface area contributed by atoms with Crippen molar-refractivity contribution < 1.29 is 28.6 Å². The third kappa shape index (κ3) is 7.47. The summed E-state index contributed by atoms with van der Waals surface area (Å²) in [7, 11) is 1.58. The number of carbonyl (C=O) groups is 3. The highest BCUT2D eigenvalue weighted by atomic mass is 35.5. The molecule has 0 unspecified atom stereocenters. The Morgan fingerprint density at radius 3 is 2.17 bits per heavy atom. The van der Waals surface area contributed by atoms with Crippen LogP contribution in [0.1, 0.15) is 73.3 Å². The maximum Gasteiger partial charge on any atom is 0.425 e. The molecule has 4 rings (SSSR count). The van der Waals surface area contributed by atoms with Gasteiger partial charge in [0.1, 0.15) is 17.0 Å². The van der Waals surface area contributed by atoms with E-state index in [1.165, 1.54) is 0 Å². The molecule has 1 aromatic carbocycles. The van der Waals surface area contributed by atoms with Gasteiger partial charge in [-0.1, -0.05) is 6.07 Å². The molecule has 0 spiro atoms. The maximum atomic E-state index is 13.2. The standard InChI is InChI=1S/C29H37ClN6O6/c1-28(2,3)41-26(38)36(27(39)42-29(4,5)6)23-21-22(33-25(30)34-23)35(16-31-21)19-13-11-17(12-14-19)24(37)32-18-9-8-10-20(15-18)40-7/h8-10,15-17,19H,11-14H2,1-7H3,(H,32,37). The molecule has 3 amide bonds. The number of amides is 3. The van der Waals surface area contributed by atoms with Crippen molar-refractivity contribution in [3.63, 3.8) is 0 Å². The molecule has 1 fully saturated rings. The summed E-state index contributed by atoms with van der Waals surface area (Å²) >= 11 is 6.32. The van der Waals surface area contributed by atoms with Crippen LogP contribution in [0.25, 0.3) is 11.2 Å². The predicted molar refractivity (Wildman–Crippen MR) is 158 cm³/mol. The van der Waals surface area contributed by atoms with Crippen molar-refractivity contribution in [2.24, 2.45) is 5.92 Å². The first-order chi connectivity index (χ1) is 19.6. The second kappa shape index (κ2) is 12.1. The van der Waals surface area contributed by atoms with Crippen molar-refractivity contribution in [3.05, 3.63) is 35.9 Å². The fourth-order valence-electron chi connectivity index (χ4n) is 4.72. The van der Waals surface area contributed by atoms with Gasteiger partial charge in [-0.25, -0.2) is 14.6 Å². The Kier molecular flexibility index (Phi) is 8.95. The third-order valence-corrected chi connectivity index (χ3v) is 6.71. The average Bonchev–Trinajstić information content (AvgIpc) is 3.30. The molecular formula is C29H37ClN6O6. The summed E-state index contributed by atoms with van der Waals surface area (Å²) in [6.07, 6.45) is 2.28. The van der Waals surface area contributed by atoms with Gasteiger partial charge in [-0.05, 0) is 91.0 Å². The number of anilines is 2. The highest BCUT2D eigenvalue weighted by Gasteiger charge is 2.37. The van der Waals surface area contributed by atoms with Gasteiger partial charge in [-0.15, -0.1) is 0 Å². The topological polar surface area (TPSA) is 138 Å². The van der Waals surface area contributed by atoms with Crippen LogP contribution < -0.4 is 15.0 Å². The minimum absolute atomic E-state index is 0.0359. The molecule has 0 radical (unpaired) electrons. The molecule has 226 valence electrons. The lowest BCUT2D eigenvalue weighted by Gasteiger charge is -2.29. The van der Waals surface area contributed by atoms with Crippen molar-refractivity contribution in [1.29, 1.82) is 0 Å². The Bertz CT molecular complexity index is 1440. The van der Waals surface area contributed by atoms with Crippen LogP contribution >= 0.6 is 11.6 Å². The summed E-state index contributed by atoms with van der Waals surface area (Å²) < 4.78 is 18.1. The molecule has 2 heterocycles. The van der Waals surface area contributed by atoms with E-state index < -0.39 is 23.4 Å². The van der Waals surface area contributed by atoms with Crippen LogP contribution in [0.4, 0.5) is 21.1 Å². The number of carbonyl (C=O) groups excluding carboxylic acids is 3. The smallest absolute Gasteiger partial charge is 0.425 e. The summed E-state index contributed by atoms with van der Waals surface area (Å²) in [6.45, 7) is 10.1. The summed E-state index contributed by atoms with van der Waals surface area (Å²) in [6, 6.07) is 7.20. The van der Waals surface area contributed by atoms with E-state index in [2.05, 4.69) is 20.3 Å². The van der Waals surface area contributed by atoms with Gasteiger partial charge in [0.15, 0.2) is 17.0 Å². The van der Waals surface area contributed by atoms with Gasteiger partial charge < -0.3 is 24.1 Å². The first-order valence-electron chi connectivity index (χ1n) is 13.8. The SMILES string of the molecule is COc1cccc(NC(=O)C2CCC(n3cnc4c(N(C(=O)OC(C)(C)C)C(=O)OC(C)(C)C)nc(Cl)nc43)CC2)c1. The summed E-state index contributed by atoms with van der Waals surface area (Å²) in [5.74, 6) is 0.320. The number of benzene rings is 1. The Morgan fingerprint density at radius 1 is 0.976 bits per heavy atom. The minimum Gasteiger partial charge on any atom is -0.497 e. The van der Waals surface area contributed by atoms with Crippen molar-refractivity contribution in [2.75, 3.05) is 17.3 Å². The van der Waals surface area contributed by atoms with E-state index in [9.17, 15) is 14.4 Å². The van der Waals surface area contributed by atoms with Gasteiger partial charge >= 0.3 is 12.2 Å². The summed E-state index contributed by atoms with van der Waals surface area (Å²) in [5.41, 5.74) is -0.574. The lowest BCUT2D eigenvalue weighted by molar-refractivity contribution is -0.121. The van der Waals surface area contributed by atoms with Crippen LogP contribution in [0.5, 0.6) is 5.75 Å². The first kappa shape index (κ1) is 31.0. The molecule has 42 heavy (non-hydrogen) atoms. The Morgan fingerprint density at radius 2 is 1.60 bits per heavy atom. The summed E-state index contributed by atoms with van der Waals surface area (Å²) in [5, 5.41) is 2.80. The van der Waals surface area contributed by atoms with Crippen molar-refractivity contribution in [2.45, 2.75) is 84.5 Å². The third-order valence-electron chi connectivity index (χ3n) is 6.54. The van der Waals surface area contributed by atoms with E-state index in [1.807, 2.05) is 22.8 Å². The highest BCUT2D eigenvalue weighted by molar-refractivity contribution is 6.29. The van der Waals surface area contributed by atoms with Gasteiger partial charge in [-0.3, -0.25) is 4.79 Å². The van der Waals surface area contributed by atoms with E-state index in [4.69, 9.17) is 25.8 Å². The van der Waals surface area contributed by atoms with Crippen molar-refractivity contribution in [3.8, 4) is 5.75 Å². The fraction of sp³-hybridized carbons (Fsp3) is 0.517. The number of hydrogen-bond acceptors (Lipinski definition) is 9. The van der Waals surface area contributed by atoms with Gasteiger partial charge in [0.25, 0.3) is 0 Å². The lowest BCUT2D eigenvalue weighted by atomic mass is 9.85. The maximum absolute atomic E-state index is 13.2. The molecule has 0 saturated heterocycles. The van der Waals surface area contributed by atoms with E-state index in [-0.39, 0.29) is 34.5 Å². The molecule has 1 saturated carbocycles. The van der Waals surface area contributed by atoms with Crippen LogP contribution in [0.3, 0.4) is 0 Å². The number of aromatic nitrogens is 4. The monoisotopic (exact) mass is 600 g/mol. The van der Waals surface area contributed by atoms with Crippen LogP contribution in [-0.2, 0) is 14.3 Å². The second-order valence-corrected chi connectivity index (χ2v) is 12.5. The van der Waals surface area contributed by atoms with Gasteiger partial charge in [0, 0.05) is 23.7 Å². The number of ether oxygens (including phenoxy) is 3.